The fourth-order valence-electron chi connectivity index (χ4n) is 5.22. The first kappa shape index (κ1) is 36.3. The Morgan fingerprint density at radius 3 is 2.22 bits per heavy atom. The number of carbonyl (C=O) groups is 2. The van der Waals surface area contributed by atoms with Crippen molar-refractivity contribution in [3.05, 3.63) is 48.0 Å². The van der Waals surface area contributed by atoms with Crippen LogP contribution in [0.1, 0.15) is 38.7 Å². The summed E-state index contributed by atoms with van der Waals surface area (Å²) in [6.45, 7) is 5.94. The van der Waals surface area contributed by atoms with E-state index in [4.69, 9.17) is 24.5 Å². The molecule has 46 heavy (non-hydrogen) atoms. The molecule has 17 heteroatoms. The molecule has 252 valence electrons. The van der Waals surface area contributed by atoms with Crippen LogP contribution < -0.4 is 4.74 Å². The molecule has 0 bridgehead atoms. The van der Waals surface area contributed by atoms with Crippen LogP contribution in [-0.2, 0) is 16.0 Å². The number of aliphatic carboxylic acids is 2. The number of rotatable bonds is 6. The molecule has 3 aromatic rings. The van der Waals surface area contributed by atoms with Crippen LogP contribution in [0.15, 0.2) is 36.7 Å². The van der Waals surface area contributed by atoms with E-state index in [1.165, 1.54) is 6.20 Å². The molecule has 2 atom stereocenters. The summed E-state index contributed by atoms with van der Waals surface area (Å²) in [7, 11) is 0. The molecule has 2 aromatic heterocycles. The Labute approximate surface area is 257 Å². The van der Waals surface area contributed by atoms with Crippen molar-refractivity contribution in [2.45, 2.75) is 63.6 Å². The van der Waals surface area contributed by atoms with E-state index in [0.29, 0.717) is 30.9 Å². The van der Waals surface area contributed by atoms with Crippen molar-refractivity contribution in [3.8, 4) is 17.3 Å². The number of nitrogens with zero attached hydrogens (tertiary/aromatic N) is 4. The number of halogens is 8. The third-order valence-electron chi connectivity index (χ3n) is 7.16. The topological polar surface area (TPSA) is 126 Å². The van der Waals surface area contributed by atoms with Gasteiger partial charge < -0.3 is 14.9 Å². The maximum atomic E-state index is 15.6. The maximum absolute atomic E-state index is 15.6. The summed E-state index contributed by atoms with van der Waals surface area (Å²) in [5.74, 6) is -5.55. The largest absolute Gasteiger partial charge is 0.490 e. The highest BCUT2D eigenvalue weighted by atomic mass is 19.4. The maximum Gasteiger partial charge on any atom is 0.490 e. The lowest BCUT2D eigenvalue weighted by Crippen LogP contribution is -2.43. The Bertz CT molecular complexity index is 1510. The monoisotopic (exact) mass is 666 g/mol. The number of pyridine rings is 1. The molecule has 0 radical (unpaired) electrons. The van der Waals surface area contributed by atoms with Crippen LogP contribution in [-0.4, -0.2) is 85.8 Å². The van der Waals surface area contributed by atoms with Gasteiger partial charge in [-0.05, 0) is 37.3 Å². The molecule has 0 spiro atoms. The molecule has 5 rings (SSSR count). The minimum Gasteiger partial charge on any atom is -0.475 e. The van der Waals surface area contributed by atoms with Crippen LogP contribution >= 0.6 is 0 Å². The van der Waals surface area contributed by atoms with Crippen LogP contribution in [0.5, 0.6) is 6.01 Å². The van der Waals surface area contributed by atoms with Crippen LogP contribution in [0.3, 0.4) is 0 Å². The van der Waals surface area contributed by atoms with Gasteiger partial charge in [-0.3, -0.25) is 9.88 Å². The predicted octanol–water partition coefficient (Wildman–Crippen LogP) is 6.25. The van der Waals surface area contributed by atoms with Crippen molar-refractivity contribution in [1.29, 1.82) is 0 Å². The molecule has 4 heterocycles. The van der Waals surface area contributed by atoms with E-state index >= 15 is 4.39 Å². The lowest BCUT2D eigenvalue weighted by Gasteiger charge is -2.30. The van der Waals surface area contributed by atoms with Gasteiger partial charge in [0.05, 0.1) is 5.54 Å². The Kier molecular flexibility index (Phi) is 11.5. The highest BCUT2D eigenvalue weighted by Gasteiger charge is 2.49. The standard InChI is InChI=1S/C25H28F2N4O.2C2HF3O2/c1-16(2)10-17-6-3-4-7-20(17)23-21(27)22-18(12-28-23)13-29-24(30-22)32-15-25-8-5-9-31(25)14-19(26)11-25;2*3-2(4,5)1(6)7/h3-4,6-7,12-13,16,19H,5,8-11,14-15H2,1-2H3;2*(H,6,7). The van der Waals surface area contributed by atoms with E-state index in [9.17, 15) is 30.7 Å². The Hall–Kier alpha value is -4.15. The molecular formula is C29H30F8N4O5. The molecule has 2 aliphatic heterocycles. The summed E-state index contributed by atoms with van der Waals surface area (Å²) in [5, 5.41) is 14.8. The van der Waals surface area contributed by atoms with Crippen molar-refractivity contribution >= 4 is 22.8 Å². The SMILES string of the molecule is CC(C)Cc1ccccc1-c1ncc2cnc(OCC34CCCN3CC(F)C4)nc2c1F.O=C(O)C(F)(F)F.O=C(O)C(F)(F)F. The third kappa shape index (κ3) is 9.20. The minimum absolute atomic E-state index is 0.118. The number of carboxylic acids is 2. The fourth-order valence-corrected chi connectivity index (χ4v) is 5.22. The lowest BCUT2D eigenvalue weighted by molar-refractivity contribution is -0.193. The predicted molar refractivity (Wildman–Crippen MR) is 147 cm³/mol. The Morgan fingerprint density at radius 2 is 1.63 bits per heavy atom. The van der Waals surface area contributed by atoms with E-state index in [0.717, 1.165) is 36.9 Å². The molecule has 2 unspecified atom stereocenters. The van der Waals surface area contributed by atoms with E-state index in [1.807, 2.05) is 24.3 Å². The van der Waals surface area contributed by atoms with Crippen molar-refractivity contribution in [1.82, 2.24) is 19.9 Å². The molecule has 1 aromatic carbocycles. The second kappa shape index (κ2) is 14.5. The van der Waals surface area contributed by atoms with Crippen molar-refractivity contribution < 1.29 is 59.7 Å². The average Bonchev–Trinajstić information content (AvgIpc) is 3.48. The zero-order valence-corrected chi connectivity index (χ0v) is 24.5. The minimum atomic E-state index is -5.08. The third-order valence-corrected chi connectivity index (χ3v) is 7.16. The van der Waals surface area contributed by atoms with Crippen molar-refractivity contribution in [2.24, 2.45) is 5.92 Å². The normalized spacial score (nSPS) is 19.6. The van der Waals surface area contributed by atoms with Gasteiger partial charge in [0.25, 0.3) is 0 Å². The molecule has 9 nitrogen and oxygen atoms in total. The zero-order valence-electron chi connectivity index (χ0n) is 24.5. The summed E-state index contributed by atoms with van der Waals surface area (Å²) >= 11 is 0. The van der Waals surface area contributed by atoms with Crippen LogP contribution in [0.25, 0.3) is 22.2 Å². The highest BCUT2D eigenvalue weighted by molar-refractivity contribution is 5.83. The average molecular weight is 667 g/mol. The fraction of sp³-hybridized carbons (Fsp3) is 0.483. The van der Waals surface area contributed by atoms with Gasteiger partial charge in [-0.15, -0.1) is 0 Å². The number of fused-ring (bicyclic) bond motifs is 2. The number of benzene rings is 1. The highest BCUT2D eigenvalue weighted by Crippen LogP contribution is 2.40. The molecule has 2 N–H and O–H groups in total. The van der Waals surface area contributed by atoms with E-state index < -0.39 is 36.3 Å². The summed E-state index contributed by atoms with van der Waals surface area (Å²) in [5.41, 5.74) is 2.02. The molecule has 2 fully saturated rings. The summed E-state index contributed by atoms with van der Waals surface area (Å²) < 4.78 is 99.0. The number of hydrogen-bond donors (Lipinski definition) is 2. The van der Waals surface area contributed by atoms with E-state index in [2.05, 4.69) is 33.7 Å². The number of alkyl halides is 7. The molecule has 0 aliphatic carbocycles. The second-order valence-electron chi connectivity index (χ2n) is 11.1. The van der Waals surface area contributed by atoms with E-state index in [-0.39, 0.29) is 22.8 Å². The Balaban J connectivity index is 0.000000345. The summed E-state index contributed by atoms with van der Waals surface area (Å²) in [6.07, 6.45) is -4.62. The molecular weight excluding hydrogens is 636 g/mol. The molecule has 0 amide bonds. The number of carboxylic acid groups (broad SMARTS) is 2. The number of ether oxygens (including phenoxy) is 1. The first-order chi connectivity index (χ1) is 21.3. The Morgan fingerprint density at radius 1 is 1.04 bits per heavy atom. The number of hydrogen-bond acceptors (Lipinski definition) is 7. The van der Waals surface area contributed by atoms with Gasteiger partial charge in [0.1, 0.15) is 24.0 Å². The summed E-state index contributed by atoms with van der Waals surface area (Å²) in [6, 6.07) is 7.89. The smallest absolute Gasteiger partial charge is 0.475 e. The van der Waals surface area contributed by atoms with Crippen molar-refractivity contribution in [2.75, 3.05) is 19.7 Å². The van der Waals surface area contributed by atoms with Crippen LogP contribution in [0.4, 0.5) is 35.1 Å². The van der Waals surface area contributed by atoms with Crippen LogP contribution in [0.2, 0.25) is 0 Å². The van der Waals surface area contributed by atoms with Gasteiger partial charge in [0.15, 0.2) is 5.82 Å². The van der Waals surface area contributed by atoms with Crippen LogP contribution in [0, 0.1) is 11.7 Å². The summed E-state index contributed by atoms with van der Waals surface area (Å²) in [4.78, 5) is 33.0. The number of aromatic nitrogens is 3. The van der Waals surface area contributed by atoms with Gasteiger partial charge in [-0.1, -0.05) is 38.1 Å². The van der Waals surface area contributed by atoms with E-state index in [1.54, 1.807) is 6.20 Å². The van der Waals surface area contributed by atoms with Crippen molar-refractivity contribution in [3.63, 3.8) is 0 Å². The van der Waals surface area contributed by atoms with Gasteiger partial charge in [-0.25, -0.2) is 23.4 Å². The first-order valence-corrected chi connectivity index (χ1v) is 13.9. The van der Waals surface area contributed by atoms with Gasteiger partial charge >= 0.3 is 30.3 Å². The molecule has 2 saturated heterocycles. The van der Waals surface area contributed by atoms with Gasteiger partial charge in [0.2, 0.25) is 0 Å². The first-order valence-electron chi connectivity index (χ1n) is 13.9. The van der Waals surface area contributed by atoms with Gasteiger partial charge in [-0.2, -0.15) is 31.3 Å². The second-order valence-corrected chi connectivity index (χ2v) is 11.1. The quantitative estimate of drug-likeness (QED) is 0.294. The molecule has 2 aliphatic rings. The molecule has 0 saturated carbocycles. The van der Waals surface area contributed by atoms with Gasteiger partial charge in [0, 0.05) is 36.3 Å². The lowest BCUT2D eigenvalue weighted by atomic mass is 9.95. The zero-order chi connectivity index (χ0) is 34.4.